The first-order valence-corrected chi connectivity index (χ1v) is 11.0. The fourth-order valence-electron chi connectivity index (χ4n) is 4.04. The summed E-state index contributed by atoms with van der Waals surface area (Å²) in [5, 5.41) is -0.218. The zero-order chi connectivity index (χ0) is 26.0. The summed E-state index contributed by atoms with van der Waals surface area (Å²) < 4.78 is 102. The Kier molecular flexibility index (Phi) is 7.33. The maximum absolute atomic E-state index is 15.0. The van der Waals surface area contributed by atoms with E-state index >= 15 is 4.39 Å². The monoisotopic (exact) mass is 504 g/mol. The van der Waals surface area contributed by atoms with Gasteiger partial charge in [-0.05, 0) is 72.2 Å². The van der Waals surface area contributed by atoms with Crippen LogP contribution in [0.3, 0.4) is 0 Å². The number of hydrogen-bond donors (Lipinski definition) is 0. The second-order valence-corrected chi connectivity index (χ2v) is 8.05. The molecule has 0 heterocycles. The van der Waals surface area contributed by atoms with Crippen molar-refractivity contribution in [2.24, 2.45) is 0 Å². The van der Waals surface area contributed by atoms with Gasteiger partial charge in [-0.15, -0.1) is 0 Å². The lowest BCUT2D eigenvalue weighted by Gasteiger charge is -2.12. The van der Waals surface area contributed by atoms with Crippen molar-refractivity contribution in [2.75, 3.05) is 0 Å². The number of alkyl halides is 2. The number of aryl methyl sites for hydroxylation is 1. The summed E-state index contributed by atoms with van der Waals surface area (Å²) in [6.07, 6.45) is 4.79. The Morgan fingerprint density at radius 2 is 1.47 bits per heavy atom. The van der Waals surface area contributed by atoms with Gasteiger partial charge in [0.1, 0.15) is 17.5 Å². The van der Waals surface area contributed by atoms with Gasteiger partial charge in [-0.2, -0.15) is 8.78 Å². The first-order chi connectivity index (χ1) is 17.2. The average Bonchev–Trinajstić information content (AvgIpc) is 2.81. The van der Waals surface area contributed by atoms with Crippen LogP contribution in [0.4, 0.5) is 30.7 Å². The topological polar surface area (TPSA) is 9.23 Å². The van der Waals surface area contributed by atoms with Gasteiger partial charge < -0.3 is 4.74 Å². The SMILES string of the molecule is C/C=C/CCc1cc(F)c(-c2ccc(-c3ccc4c(F)c(OC(F)F)c(F)cc4c3)c(F)c2)c(F)c1. The molecule has 0 aliphatic rings. The molecule has 0 atom stereocenters. The van der Waals surface area contributed by atoms with Gasteiger partial charge in [-0.3, -0.25) is 0 Å². The minimum atomic E-state index is -3.41. The van der Waals surface area contributed by atoms with E-state index in [1.807, 2.05) is 19.1 Å². The van der Waals surface area contributed by atoms with Gasteiger partial charge in [0.25, 0.3) is 0 Å². The van der Waals surface area contributed by atoms with Crippen LogP contribution in [0, 0.1) is 29.1 Å². The minimum Gasteiger partial charge on any atom is -0.429 e. The van der Waals surface area contributed by atoms with Gasteiger partial charge in [-0.1, -0.05) is 36.4 Å². The molecule has 0 aliphatic heterocycles. The molecule has 0 saturated carbocycles. The van der Waals surface area contributed by atoms with Crippen LogP contribution in [-0.4, -0.2) is 6.61 Å². The summed E-state index contributed by atoms with van der Waals surface area (Å²) in [5.74, 6) is -6.33. The second kappa shape index (κ2) is 10.4. The van der Waals surface area contributed by atoms with E-state index in [1.54, 1.807) is 0 Å². The molecule has 1 nitrogen and oxygen atoms in total. The van der Waals surface area contributed by atoms with E-state index in [4.69, 9.17) is 0 Å². The zero-order valence-corrected chi connectivity index (χ0v) is 18.9. The van der Waals surface area contributed by atoms with E-state index in [2.05, 4.69) is 4.74 Å². The Balaban J connectivity index is 1.69. The first-order valence-electron chi connectivity index (χ1n) is 11.0. The van der Waals surface area contributed by atoms with Crippen molar-refractivity contribution in [1.29, 1.82) is 0 Å². The molecule has 0 unspecified atom stereocenters. The molecule has 4 aromatic rings. The predicted molar refractivity (Wildman–Crippen MR) is 124 cm³/mol. The molecule has 36 heavy (non-hydrogen) atoms. The van der Waals surface area contributed by atoms with Gasteiger partial charge in [0.15, 0.2) is 17.4 Å². The van der Waals surface area contributed by atoms with Crippen LogP contribution in [-0.2, 0) is 6.42 Å². The van der Waals surface area contributed by atoms with Crippen molar-refractivity contribution in [1.82, 2.24) is 0 Å². The van der Waals surface area contributed by atoms with Crippen LogP contribution < -0.4 is 4.74 Å². The highest BCUT2D eigenvalue weighted by Crippen LogP contribution is 2.36. The highest BCUT2D eigenvalue weighted by molar-refractivity contribution is 5.89. The van der Waals surface area contributed by atoms with Gasteiger partial charge >= 0.3 is 6.61 Å². The first kappa shape index (κ1) is 25.3. The van der Waals surface area contributed by atoms with Gasteiger partial charge in [0.05, 0.1) is 5.56 Å². The standard InChI is InChI=1S/C28H19F7O/c1-2-3-4-5-15-10-22(30)25(23(31)11-15)17-7-8-19(21(29)13-17)16-6-9-20-18(12-16)14-24(32)27(26(20)33)36-28(34)35/h2-3,6-14,28H,4-5H2,1H3/b3-2+. The molecule has 0 fully saturated rings. The van der Waals surface area contributed by atoms with E-state index in [-0.39, 0.29) is 33.0 Å². The maximum Gasteiger partial charge on any atom is 0.387 e. The molecule has 0 radical (unpaired) electrons. The largest absolute Gasteiger partial charge is 0.429 e. The maximum atomic E-state index is 15.0. The fraction of sp³-hybridized carbons (Fsp3) is 0.143. The smallest absolute Gasteiger partial charge is 0.387 e. The highest BCUT2D eigenvalue weighted by Gasteiger charge is 2.20. The number of rotatable bonds is 7. The van der Waals surface area contributed by atoms with Crippen LogP contribution in [0.5, 0.6) is 5.75 Å². The molecular weight excluding hydrogens is 485 g/mol. The third-order valence-corrected chi connectivity index (χ3v) is 5.70. The summed E-state index contributed by atoms with van der Waals surface area (Å²) in [6.45, 7) is -1.57. The normalized spacial score (nSPS) is 11.7. The van der Waals surface area contributed by atoms with Crippen molar-refractivity contribution < 1.29 is 35.5 Å². The molecule has 8 heteroatoms. The van der Waals surface area contributed by atoms with E-state index in [1.165, 1.54) is 42.5 Å². The Bertz CT molecular complexity index is 1440. The molecule has 186 valence electrons. The molecule has 0 aliphatic carbocycles. The lowest BCUT2D eigenvalue weighted by atomic mass is 9.96. The summed E-state index contributed by atoms with van der Waals surface area (Å²) in [5.41, 5.74) is 0.315. The van der Waals surface area contributed by atoms with Gasteiger partial charge in [0.2, 0.25) is 0 Å². The Labute approximate surface area is 202 Å². The Morgan fingerprint density at radius 1 is 0.778 bits per heavy atom. The number of halogens is 7. The van der Waals surface area contributed by atoms with Crippen molar-refractivity contribution >= 4 is 10.8 Å². The summed E-state index contributed by atoms with van der Waals surface area (Å²) in [4.78, 5) is 0. The summed E-state index contributed by atoms with van der Waals surface area (Å²) in [6, 6.07) is 10.6. The van der Waals surface area contributed by atoms with Crippen LogP contribution in [0.25, 0.3) is 33.0 Å². The number of allylic oxidation sites excluding steroid dienone is 2. The highest BCUT2D eigenvalue weighted by atomic mass is 19.3. The third kappa shape index (κ3) is 5.08. The second-order valence-electron chi connectivity index (χ2n) is 8.05. The molecule has 0 saturated heterocycles. The van der Waals surface area contributed by atoms with E-state index in [0.717, 1.165) is 12.1 Å². The Hall–Kier alpha value is -3.81. The van der Waals surface area contributed by atoms with Crippen LogP contribution in [0.1, 0.15) is 18.9 Å². The van der Waals surface area contributed by atoms with Crippen LogP contribution >= 0.6 is 0 Å². The molecular formula is C28H19F7O. The van der Waals surface area contributed by atoms with Gasteiger partial charge in [0, 0.05) is 10.9 Å². The summed E-state index contributed by atoms with van der Waals surface area (Å²) >= 11 is 0. The van der Waals surface area contributed by atoms with Crippen LogP contribution in [0.2, 0.25) is 0 Å². The summed E-state index contributed by atoms with van der Waals surface area (Å²) in [7, 11) is 0. The molecule has 0 amide bonds. The lowest BCUT2D eigenvalue weighted by Crippen LogP contribution is -2.06. The molecule has 4 rings (SSSR count). The number of ether oxygens (including phenoxy) is 1. The number of fused-ring (bicyclic) bond motifs is 1. The van der Waals surface area contributed by atoms with Crippen molar-refractivity contribution in [3.05, 3.63) is 101 Å². The minimum absolute atomic E-state index is 0.0122. The van der Waals surface area contributed by atoms with E-state index < -0.39 is 41.4 Å². The average molecular weight is 504 g/mol. The predicted octanol–water partition coefficient (Wildman–Crippen LogP) is 8.98. The molecule has 4 aromatic carbocycles. The Morgan fingerprint density at radius 3 is 2.11 bits per heavy atom. The van der Waals surface area contributed by atoms with Gasteiger partial charge in [-0.25, -0.2) is 22.0 Å². The molecule has 0 bridgehead atoms. The molecule has 0 spiro atoms. The number of hydrogen-bond acceptors (Lipinski definition) is 1. The third-order valence-electron chi connectivity index (χ3n) is 5.70. The van der Waals surface area contributed by atoms with Crippen molar-refractivity contribution in [3.63, 3.8) is 0 Å². The molecule has 0 N–H and O–H groups in total. The zero-order valence-electron chi connectivity index (χ0n) is 18.9. The van der Waals surface area contributed by atoms with E-state index in [0.29, 0.717) is 18.4 Å². The van der Waals surface area contributed by atoms with Crippen LogP contribution in [0.15, 0.2) is 66.7 Å². The van der Waals surface area contributed by atoms with Crippen molar-refractivity contribution in [2.45, 2.75) is 26.4 Å². The van der Waals surface area contributed by atoms with E-state index in [9.17, 15) is 26.3 Å². The molecule has 0 aromatic heterocycles. The number of benzene rings is 4. The lowest BCUT2D eigenvalue weighted by molar-refractivity contribution is -0.0544. The fourth-order valence-corrected chi connectivity index (χ4v) is 4.04. The van der Waals surface area contributed by atoms with Crippen molar-refractivity contribution in [3.8, 4) is 28.0 Å². The quantitative estimate of drug-likeness (QED) is 0.180.